The molecule has 0 bridgehead atoms. The average Bonchev–Trinajstić information content (AvgIpc) is 3.50. The van der Waals surface area contributed by atoms with E-state index < -0.39 is 17.8 Å². The van der Waals surface area contributed by atoms with Crippen molar-refractivity contribution in [3.8, 4) is 0 Å². The third kappa shape index (κ3) is 4.26. The largest absolute Gasteiger partial charge is 0.478 e. The fourth-order valence-electron chi connectivity index (χ4n) is 4.55. The third-order valence-electron chi connectivity index (χ3n) is 6.20. The molecule has 2 atom stereocenters. The summed E-state index contributed by atoms with van der Waals surface area (Å²) in [6.07, 6.45) is 1.56. The highest BCUT2D eigenvalue weighted by atomic mass is 32.1. The number of carbonyl (C=O) groups excluding carboxylic acids is 1. The highest BCUT2D eigenvalue weighted by molar-refractivity contribution is 7.19. The Morgan fingerprint density at radius 2 is 1.82 bits per heavy atom. The summed E-state index contributed by atoms with van der Waals surface area (Å²) in [4.78, 5) is 28.0. The average molecular weight is 475 g/mol. The van der Waals surface area contributed by atoms with E-state index in [1.165, 1.54) is 17.4 Å². The molecule has 0 aliphatic carbocycles. The summed E-state index contributed by atoms with van der Waals surface area (Å²) in [5.41, 5.74) is 1.26. The lowest BCUT2D eigenvalue weighted by atomic mass is 10.0. The molecule has 0 saturated carbocycles. The number of amides is 1. The van der Waals surface area contributed by atoms with E-state index >= 15 is 0 Å². The van der Waals surface area contributed by atoms with Gasteiger partial charge in [0.25, 0.3) is 5.91 Å². The Kier molecular flexibility index (Phi) is 6.02. The van der Waals surface area contributed by atoms with Crippen molar-refractivity contribution < 1.29 is 19.1 Å². The molecule has 1 fully saturated rings. The summed E-state index contributed by atoms with van der Waals surface area (Å²) in [6.45, 7) is 0.557. The van der Waals surface area contributed by atoms with Crippen LogP contribution in [0.25, 0.3) is 10.1 Å². The second-order valence-corrected chi connectivity index (χ2v) is 9.48. The van der Waals surface area contributed by atoms with Crippen LogP contribution >= 0.6 is 11.3 Å². The van der Waals surface area contributed by atoms with Gasteiger partial charge in [-0.1, -0.05) is 42.5 Å². The number of benzene rings is 3. The molecule has 1 aliphatic rings. The van der Waals surface area contributed by atoms with E-state index in [1.54, 1.807) is 41.3 Å². The van der Waals surface area contributed by atoms with Crippen LogP contribution in [0.3, 0.4) is 0 Å². The van der Waals surface area contributed by atoms with Gasteiger partial charge in [-0.05, 0) is 60.2 Å². The zero-order valence-electron chi connectivity index (χ0n) is 18.3. The standard InChI is InChI=1S/C27H23FN2O3S/c28-20-10-2-3-11-21(20)29-25(24-16-18-7-1-4-13-23(18)34-24)26(31)30-14-6-12-22(30)17-8-5-9-19(15-17)27(32)33/h1-5,7-11,13,15-16,22,25,29H,6,12,14H2,(H,32,33). The summed E-state index contributed by atoms with van der Waals surface area (Å²) in [7, 11) is 0. The fraction of sp³-hybridized carbons (Fsp3) is 0.185. The number of anilines is 1. The van der Waals surface area contributed by atoms with Crippen LogP contribution in [-0.4, -0.2) is 28.4 Å². The van der Waals surface area contributed by atoms with E-state index in [0.717, 1.165) is 33.4 Å². The summed E-state index contributed by atoms with van der Waals surface area (Å²) in [5.74, 6) is -1.58. The molecule has 1 aromatic heterocycles. The number of carbonyl (C=O) groups is 2. The first-order valence-corrected chi connectivity index (χ1v) is 12.0. The summed E-state index contributed by atoms with van der Waals surface area (Å²) in [6, 6.07) is 22.0. The first-order chi connectivity index (χ1) is 16.5. The Balaban J connectivity index is 1.52. The molecule has 1 aliphatic heterocycles. The Bertz CT molecular complexity index is 1340. The van der Waals surface area contributed by atoms with Gasteiger partial charge < -0.3 is 15.3 Å². The van der Waals surface area contributed by atoms with Crippen LogP contribution in [0.1, 0.15) is 45.7 Å². The molecular formula is C27H23FN2O3S. The second-order valence-electron chi connectivity index (χ2n) is 8.36. The lowest BCUT2D eigenvalue weighted by Crippen LogP contribution is -2.37. The number of rotatable bonds is 6. The number of hydrogen-bond donors (Lipinski definition) is 2. The van der Waals surface area contributed by atoms with Crippen molar-refractivity contribution >= 4 is 39.0 Å². The van der Waals surface area contributed by atoms with Crippen LogP contribution < -0.4 is 5.32 Å². The van der Waals surface area contributed by atoms with Crippen molar-refractivity contribution in [2.75, 3.05) is 11.9 Å². The lowest BCUT2D eigenvalue weighted by Gasteiger charge is -2.30. The number of halogens is 1. The maximum absolute atomic E-state index is 14.5. The zero-order chi connectivity index (χ0) is 23.7. The molecule has 4 aromatic rings. The number of carboxylic acids is 1. The second kappa shape index (κ2) is 9.27. The quantitative estimate of drug-likeness (QED) is 0.346. The first kappa shape index (κ1) is 22.1. The number of carboxylic acid groups (broad SMARTS) is 1. The van der Waals surface area contributed by atoms with E-state index in [1.807, 2.05) is 36.4 Å². The summed E-state index contributed by atoms with van der Waals surface area (Å²) < 4.78 is 15.6. The maximum Gasteiger partial charge on any atom is 0.335 e. The molecule has 1 amide bonds. The number of para-hydroxylation sites is 1. The van der Waals surface area contributed by atoms with E-state index in [-0.39, 0.29) is 23.2 Å². The number of likely N-dealkylation sites (tertiary alicyclic amines) is 1. The topological polar surface area (TPSA) is 69.6 Å². The van der Waals surface area contributed by atoms with Crippen molar-refractivity contribution in [1.29, 1.82) is 0 Å². The minimum Gasteiger partial charge on any atom is -0.478 e. The Hall–Kier alpha value is -3.71. The molecule has 34 heavy (non-hydrogen) atoms. The predicted molar refractivity (Wildman–Crippen MR) is 132 cm³/mol. The van der Waals surface area contributed by atoms with E-state index in [9.17, 15) is 19.1 Å². The number of fused-ring (bicyclic) bond motifs is 1. The molecule has 7 heteroatoms. The van der Waals surface area contributed by atoms with Gasteiger partial charge in [-0.15, -0.1) is 11.3 Å². The molecule has 1 saturated heterocycles. The maximum atomic E-state index is 14.5. The Morgan fingerprint density at radius 1 is 1.03 bits per heavy atom. The minimum atomic E-state index is -0.998. The van der Waals surface area contributed by atoms with Gasteiger partial charge in [0, 0.05) is 16.1 Å². The molecular weight excluding hydrogens is 451 g/mol. The molecule has 2 N–H and O–H groups in total. The molecule has 5 rings (SSSR count). The van der Waals surface area contributed by atoms with Crippen molar-refractivity contribution in [3.05, 3.63) is 101 Å². The van der Waals surface area contributed by atoms with Gasteiger partial charge in [0.2, 0.25) is 0 Å². The highest BCUT2D eigenvalue weighted by Gasteiger charge is 2.36. The van der Waals surface area contributed by atoms with Gasteiger partial charge in [0.1, 0.15) is 11.9 Å². The lowest BCUT2D eigenvalue weighted by molar-refractivity contribution is -0.133. The van der Waals surface area contributed by atoms with Crippen LogP contribution in [0.4, 0.5) is 10.1 Å². The van der Waals surface area contributed by atoms with Crippen LogP contribution in [0.5, 0.6) is 0 Å². The van der Waals surface area contributed by atoms with E-state index in [2.05, 4.69) is 5.32 Å². The third-order valence-corrected chi connectivity index (χ3v) is 7.38. The van der Waals surface area contributed by atoms with Crippen LogP contribution in [0.2, 0.25) is 0 Å². The van der Waals surface area contributed by atoms with Gasteiger partial charge in [-0.25, -0.2) is 9.18 Å². The Labute approximate surface area is 200 Å². The number of aromatic carboxylic acids is 1. The van der Waals surface area contributed by atoms with Gasteiger partial charge >= 0.3 is 5.97 Å². The van der Waals surface area contributed by atoms with Gasteiger partial charge in [-0.2, -0.15) is 0 Å². The molecule has 172 valence electrons. The van der Waals surface area contributed by atoms with Crippen molar-refractivity contribution in [2.45, 2.75) is 24.9 Å². The van der Waals surface area contributed by atoms with E-state index in [0.29, 0.717) is 6.54 Å². The molecule has 5 nitrogen and oxygen atoms in total. The monoisotopic (exact) mass is 474 g/mol. The normalized spacial score (nSPS) is 16.5. The van der Waals surface area contributed by atoms with Gasteiger partial charge in [0.05, 0.1) is 17.3 Å². The van der Waals surface area contributed by atoms with E-state index in [4.69, 9.17) is 0 Å². The summed E-state index contributed by atoms with van der Waals surface area (Å²) in [5, 5.41) is 13.6. The Morgan fingerprint density at radius 3 is 2.62 bits per heavy atom. The van der Waals surface area contributed by atoms with Crippen LogP contribution in [-0.2, 0) is 4.79 Å². The van der Waals surface area contributed by atoms with Crippen LogP contribution in [0, 0.1) is 5.82 Å². The first-order valence-electron chi connectivity index (χ1n) is 11.1. The van der Waals surface area contributed by atoms with Crippen LogP contribution in [0.15, 0.2) is 78.9 Å². The van der Waals surface area contributed by atoms with Gasteiger partial charge in [0.15, 0.2) is 0 Å². The number of hydrogen-bond acceptors (Lipinski definition) is 4. The van der Waals surface area contributed by atoms with Crippen molar-refractivity contribution in [3.63, 3.8) is 0 Å². The minimum absolute atomic E-state index is 0.155. The molecule has 0 radical (unpaired) electrons. The predicted octanol–water partition coefficient (Wildman–Crippen LogP) is 6.26. The fourth-order valence-corrected chi connectivity index (χ4v) is 5.66. The smallest absolute Gasteiger partial charge is 0.335 e. The number of nitrogens with zero attached hydrogens (tertiary/aromatic N) is 1. The van der Waals surface area contributed by atoms with Gasteiger partial charge in [-0.3, -0.25) is 4.79 Å². The van der Waals surface area contributed by atoms with Crippen molar-refractivity contribution in [1.82, 2.24) is 4.90 Å². The highest BCUT2D eigenvalue weighted by Crippen LogP contribution is 2.38. The molecule has 0 spiro atoms. The van der Waals surface area contributed by atoms with Crippen molar-refractivity contribution in [2.24, 2.45) is 0 Å². The SMILES string of the molecule is O=C(O)c1cccc(C2CCCN2C(=O)C(Nc2ccccc2F)c2cc3ccccc3s2)c1. The molecule has 2 heterocycles. The summed E-state index contributed by atoms with van der Waals surface area (Å²) >= 11 is 1.51. The number of nitrogens with one attached hydrogen (secondary N) is 1. The molecule has 3 aromatic carbocycles. The number of thiophene rings is 1. The molecule has 2 unspecified atom stereocenters. The zero-order valence-corrected chi connectivity index (χ0v) is 19.1.